The Hall–Kier alpha value is -3.40. The minimum absolute atomic E-state index is 0.0517. The van der Waals surface area contributed by atoms with Gasteiger partial charge < -0.3 is 9.88 Å². The van der Waals surface area contributed by atoms with E-state index in [1.807, 2.05) is 12.1 Å². The van der Waals surface area contributed by atoms with Crippen molar-refractivity contribution < 1.29 is 4.79 Å². The summed E-state index contributed by atoms with van der Waals surface area (Å²) in [4.78, 5) is 15.9. The number of aromatic nitrogens is 2. The van der Waals surface area contributed by atoms with E-state index in [0.29, 0.717) is 6.54 Å². The van der Waals surface area contributed by atoms with Crippen LogP contribution in [0.4, 0.5) is 0 Å². The molecule has 4 nitrogen and oxygen atoms in total. The predicted molar refractivity (Wildman–Crippen MR) is 124 cm³/mol. The summed E-state index contributed by atoms with van der Waals surface area (Å²) < 4.78 is 2.44. The van der Waals surface area contributed by atoms with Crippen LogP contribution < -0.4 is 5.32 Å². The number of para-hydroxylation sites is 2. The molecule has 4 rings (SSSR count). The molecule has 0 saturated heterocycles. The molecule has 2 heterocycles. The maximum Gasteiger partial charge on any atom is 0.243 e. The molecule has 0 aliphatic heterocycles. The number of unbranched alkanes of at least 4 members (excludes halogenated alkanes) is 3. The van der Waals surface area contributed by atoms with Gasteiger partial charge in [-0.2, -0.15) is 0 Å². The number of rotatable bonds is 9. The minimum atomic E-state index is -0.0517. The van der Waals surface area contributed by atoms with E-state index in [-0.39, 0.29) is 5.91 Å². The van der Waals surface area contributed by atoms with Crippen molar-refractivity contribution in [2.75, 3.05) is 6.54 Å². The lowest BCUT2D eigenvalue weighted by atomic mass is 10.2. The number of hydrogen-bond donors (Lipinski definition) is 1. The Kier molecular flexibility index (Phi) is 6.55. The first-order chi connectivity index (χ1) is 14.8. The number of hydrogen-bond acceptors (Lipinski definition) is 2. The van der Waals surface area contributed by atoms with E-state index < -0.39 is 0 Å². The Morgan fingerprint density at radius 1 is 0.867 bits per heavy atom. The van der Waals surface area contributed by atoms with Gasteiger partial charge in [0.25, 0.3) is 0 Å². The van der Waals surface area contributed by atoms with Gasteiger partial charge in [-0.3, -0.25) is 9.78 Å². The van der Waals surface area contributed by atoms with Crippen molar-refractivity contribution in [1.82, 2.24) is 14.9 Å². The third-order valence-electron chi connectivity index (χ3n) is 5.40. The highest BCUT2D eigenvalue weighted by molar-refractivity contribution is 6.07. The Bertz CT molecular complexity index is 1090. The Morgan fingerprint density at radius 3 is 2.27 bits per heavy atom. The third kappa shape index (κ3) is 4.77. The van der Waals surface area contributed by atoms with Crippen LogP contribution in [0.1, 0.15) is 31.2 Å². The lowest BCUT2D eigenvalue weighted by molar-refractivity contribution is -0.116. The lowest BCUT2D eigenvalue weighted by Crippen LogP contribution is -2.21. The Balaban J connectivity index is 1.21. The summed E-state index contributed by atoms with van der Waals surface area (Å²) in [6.45, 7) is 1.74. The zero-order valence-corrected chi connectivity index (χ0v) is 17.1. The van der Waals surface area contributed by atoms with Gasteiger partial charge in [-0.1, -0.05) is 55.3 Å². The van der Waals surface area contributed by atoms with E-state index in [0.717, 1.165) is 37.8 Å². The van der Waals surface area contributed by atoms with Crippen LogP contribution in [0.3, 0.4) is 0 Å². The number of nitrogens with one attached hydrogen (secondary N) is 1. The average molecular weight is 398 g/mol. The minimum Gasteiger partial charge on any atom is -0.353 e. The van der Waals surface area contributed by atoms with E-state index in [1.165, 1.54) is 21.8 Å². The van der Waals surface area contributed by atoms with Gasteiger partial charge in [0, 0.05) is 53.4 Å². The maximum absolute atomic E-state index is 11.9. The van der Waals surface area contributed by atoms with Crippen LogP contribution in [0.25, 0.3) is 27.9 Å². The van der Waals surface area contributed by atoms with Gasteiger partial charge in [0.15, 0.2) is 0 Å². The highest BCUT2D eigenvalue weighted by Crippen LogP contribution is 2.29. The molecular weight excluding hydrogens is 370 g/mol. The normalized spacial score (nSPS) is 11.5. The van der Waals surface area contributed by atoms with Gasteiger partial charge in [-0.15, -0.1) is 0 Å². The standard InChI is InChI=1S/C26H27N3O/c30-26(16-15-21-10-9-17-27-20-21)28-18-7-1-2-8-19-29-24-13-5-3-11-22(24)23-12-4-6-14-25(23)29/h3-6,9-17,20H,1-2,7-8,18-19H2,(H,28,30)/b16-15+. The molecule has 30 heavy (non-hydrogen) atoms. The highest BCUT2D eigenvalue weighted by atomic mass is 16.1. The van der Waals surface area contributed by atoms with Crippen LogP contribution in [0, 0.1) is 0 Å². The summed E-state index contributed by atoms with van der Waals surface area (Å²) in [5, 5.41) is 5.61. The highest BCUT2D eigenvalue weighted by Gasteiger charge is 2.08. The second kappa shape index (κ2) is 9.88. The van der Waals surface area contributed by atoms with Crippen LogP contribution in [0.15, 0.2) is 79.1 Å². The summed E-state index contributed by atoms with van der Waals surface area (Å²) in [7, 11) is 0. The number of pyridine rings is 1. The van der Waals surface area contributed by atoms with Gasteiger partial charge in [-0.05, 0) is 42.7 Å². The molecule has 1 amide bonds. The summed E-state index contributed by atoms with van der Waals surface area (Å²) in [6, 6.07) is 21.1. The second-order valence-corrected chi connectivity index (χ2v) is 7.51. The SMILES string of the molecule is O=C(/C=C/c1cccnc1)NCCCCCCn1c2ccccc2c2ccccc21. The van der Waals surface area contributed by atoms with Gasteiger partial charge in [0.1, 0.15) is 0 Å². The van der Waals surface area contributed by atoms with E-state index in [9.17, 15) is 4.79 Å². The number of aryl methyl sites for hydroxylation is 1. The summed E-state index contributed by atoms with van der Waals surface area (Å²) in [5.41, 5.74) is 3.55. The number of amides is 1. The first-order valence-corrected chi connectivity index (χ1v) is 10.6. The zero-order chi connectivity index (χ0) is 20.6. The van der Waals surface area contributed by atoms with Crippen molar-refractivity contribution in [3.8, 4) is 0 Å². The summed E-state index contributed by atoms with van der Waals surface area (Å²) >= 11 is 0. The van der Waals surface area contributed by atoms with E-state index in [2.05, 4.69) is 63.4 Å². The molecule has 0 fully saturated rings. The van der Waals surface area contributed by atoms with Gasteiger partial charge >= 0.3 is 0 Å². The van der Waals surface area contributed by atoms with E-state index in [4.69, 9.17) is 0 Å². The molecule has 0 atom stereocenters. The summed E-state index contributed by atoms with van der Waals surface area (Å²) in [5.74, 6) is -0.0517. The van der Waals surface area contributed by atoms with Crippen molar-refractivity contribution in [1.29, 1.82) is 0 Å². The number of fused-ring (bicyclic) bond motifs is 3. The molecule has 0 unspecified atom stereocenters. The van der Waals surface area contributed by atoms with Crippen molar-refractivity contribution in [2.24, 2.45) is 0 Å². The van der Waals surface area contributed by atoms with Crippen molar-refractivity contribution in [2.45, 2.75) is 32.2 Å². The lowest BCUT2D eigenvalue weighted by Gasteiger charge is -2.08. The van der Waals surface area contributed by atoms with Crippen molar-refractivity contribution >= 4 is 33.8 Å². The fraction of sp³-hybridized carbons (Fsp3) is 0.231. The van der Waals surface area contributed by atoms with E-state index >= 15 is 0 Å². The molecule has 0 saturated carbocycles. The van der Waals surface area contributed by atoms with Crippen LogP contribution in [0.5, 0.6) is 0 Å². The predicted octanol–water partition coefficient (Wildman–Crippen LogP) is 5.58. The third-order valence-corrected chi connectivity index (χ3v) is 5.40. The topological polar surface area (TPSA) is 46.9 Å². The number of nitrogens with zero attached hydrogens (tertiary/aromatic N) is 2. The average Bonchev–Trinajstić information content (AvgIpc) is 3.12. The Labute approximate surface area is 177 Å². The number of carbonyl (C=O) groups excluding carboxylic acids is 1. The number of carbonyl (C=O) groups is 1. The fourth-order valence-electron chi connectivity index (χ4n) is 3.91. The van der Waals surface area contributed by atoms with Crippen LogP contribution in [-0.2, 0) is 11.3 Å². The molecule has 4 heteroatoms. The molecule has 4 aromatic rings. The molecule has 0 aliphatic carbocycles. The van der Waals surface area contributed by atoms with Gasteiger partial charge in [0.05, 0.1) is 0 Å². The molecule has 1 N–H and O–H groups in total. The molecule has 0 spiro atoms. The maximum atomic E-state index is 11.9. The van der Waals surface area contributed by atoms with Crippen LogP contribution in [-0.4, -0.2) is 22.0 Å². The first kappa shape index (κ1) is 19.9. The first-order valence-electron chi connectivity index (χ1n) is 10.6. The van der Waals surface area contributed by atoms with Crippen LogP contribution >= 0.6 is 0 Å². The molecule has 0 aliphatic rings. The fourth-order valence-corrected chi connectivity index (χ4v) is 3.91. The number of benzene rings is 2. The molecule has 0 bridgehead atoms. The van der Waals surface area contributed by atoms with Gasteiger partial charge in [0.2, 0.25) is 5.91 Å². The van der Waals surface area contributed by atoms with E-state index in [1.54, 1.807) is 24.5 Å². The molecule has 0 radical (unpaired) electrons. The van der Waals surface area contributed by atoms with Gasteiger partial charge in [-0.25, -0.2) is 0 Å². The molecule has 152 valence electrons. The largest absolute Gasteiger partial charge is 0.353 e. The van der Waals surface area contributed by atoms with Crippen molar-refractivity contribution in [3.05, 3.63) is 84.7 Å². The zero-order valence-electron chi connectivity index (χ0n) is 17.1. The molecule has 2 aromatic heterocycles. The van der Waals surface area contributed by atoms with Crippen molar-refractivity contribution in [3.63, 3.8) is 0 Å². The molecule has 2 aromatic carbocycles. The second-order valence-electron chi connectivity index (χ2n) is 7.51. The summed E-state index contributed by atoms with van der Waals surface area (Å²) in [6.07, 6.45) is 11.2. The molecular formula is C26H27N3O. The monoisotopic (exact) mass is 397 g/mol. The smallest absolute Gasteiger partial charge is 0.243 e. The Morgan fingerprint density at radius 2 is 1.57 bits per heavy atom. The van der Waals surface area contributed by atoms with Crippen LogP contribution in [0.2, 0.25) is 0 Å². The quantitative estimate of drug-likeness (QED) is 0.296.